The lowest BCUT2D eigenvalue weighted by Crippen LogP contribution is -2.39. The molecule has 4 N–H and O–H groups in total. The smallest absolute Gasteiger partial charge is 0.263 e. The van der Waals surface area contributed by atoms with Crippen LogP contribution >= 0.6 is 11.8 Å². The largest absolute Gasteiger partial charge is 0.364 e. The number of thioether (sulfide) groups is 1. The average Bonchev–Trinajstić information content (AvgIpc) is 3.04. The zero-order valence-corrected chi connectivity index (χ0v) is 11.0. The standard InChI is InChI=1S/C11H19N3O3S/c12-14-11(16)9-4-3-8(17-9)5-18-6-10(15)13-7-1-2-7/h7-9H,1-6,12H2,(H,13,15)(H,14,16). The molecule has 1 aliphatic heterocycles. The highest BCUT2D eigenvalue weighted by atomic mass is 32.2. The van der Waals surface area contributed by atoms with Gasteiger partial charge in [-0.05, 0) is 25.7 Å². The van der Waals surface area contributed by atoms with Gasteiger partial charge < -0.3 is 10.1 Å². The van der Waals surface area contributed by atoms with Crippen LogP contribution in [0.5, 0.6) is 0 Å². The lowest BCUT2D eigenvalue weighted by Gasteiger charge is -2.12. The van der Waals surface area contributed by atoms with Gasteiger partial charge in [-0.25, -0.2) is 5.84 Å². The third-order valence-electron chi connectivity index (χ3n) is 3.02. The number of ether oxygens (including phenoxy) is 1. The third kappa shape index (κ3) is 4.15. The van der Waals surface area contributed by atoms with Gasteiger partial charge in [0.2, 0.25) is 5.91 Å². The number of amides is 2. The molecule has 1 heterocycles. The Labute approximate surface area is 110 Å². The quantitative estimate of drug-likeness (QED) is 0.346. The van der Waals surface area contributed by atoms with E-state index < -0.39 is 6.10 Å². The highest BCUT2D eigenvalue weighted by Crippen LogP contribution is 2.23. The van der Waals surface area contributed by atoms with Gasteiger partial charge >= 0.3 is 0 Å². The monoisotopic (exact) mass is 273 g/mol. The molecule has 2 rings (SSSR count). The molecule has 0 aromatic carbocycles. The van der Waals surface area contributed by atoms with Crippen LogP contribution in [0.1, 0.15) is 25.7 Å². The van der Waals surface area contributed by atoms with Crippen LogP contribution < -0.4 is 16.6 Å². The van der Waals surface area contributed by atoms with Crippen molar-refractivity contribution in [3.05, 3.63) is 0 Å². The van der Waals surface area contributed by atoms with E-state index in [1.807, 2.05) is 0 Å². The molecule has 6 nitrogen and oxygen atoms in total. The molecule has 1 aliphatic carbocycles. The predicted octanol–water partition coefficient (Wildman–Crippen LogP) is -0.464. The van der Waals surface area contributed by atoms with E-state index in [9.17, 15) is 9.59 Å². The number of carbonyl (C=O) groups excluding carboxylic acids is 2. The maximum atomic E-state index is 11.4. The normalized spacial score (nSPS) is 26.9. The van der Waals surface area contributed by atoms with Gasteiger partial charge in [-0.15, -0.1) is 11.8 Å². The summed E-state index contributed by atoms with van der Waals surface area (Å²) in [7, 11) is 0. The summed E-state index contributed by atoms with van der Waals surface area (Å²) in [5, 5.41) is 2.93. The van der Waals surface area contributed by atoms with E-state index in [1.54, 1.807) is 11.8 Å². The van der Waals surface area contributed by atoms with Gasteiger partial charge in [0.1, 0.15) is 6.10 Å². The van der Waals surface area contributed by atoms with Crippen molar-refractivity contribution < 1.29 is 14.3 Å². The second kappa shape index (κ2) is 6.40. The van der Waals surface area contributed by atoms with Gasteiger partial charge in [0.05, 0.1) is 11.9 Å². The summed E-state index contributed by atoms with van der Waals surface area (Å²) in [4.78, 5) is 22.7. The molecule has 0 radical (unpaired) electrons. The molecule has 18 heavy (non-hydrogen) atoms. The topological polar surface area (TPSA) is 93.5 Å². The maximum Gasteiger partial charge on any atom is 0.263 e. The Hall–Kier alpha value is -0.790. The van der Waals surface area contributed by atoms with Crippen LogP contribution in [0.2, 0.25) is 0 Å². The minimum atomic E-state index is -0.430. The van der Waals surface area contributed by atoms with Gasteiger partial charge in [-0.2, -0.15) is 0 Å². The van der Waals surface area contributed by atoms with E-state index >= 15 is 0 Å². The van der Waals surface area contributed by atoms with Crippen LogP contribution in [0.4, 0.5) is 0 Å². The summed E-state index contributed by atoms with van der Waals surface area (Å²) in [6.07, 6.45) is 3.38. The Balaban J connectivity index is 1.57. The van der Waals surface area contributed by atoms with Crippen molar-refractivity contribution in [3.8, 4) is 0 Å². The molecule has 2 aliphatic rings. The van der Waals surface area contributed by atoms with Crippen molar-refractivity contribution in [2.24, 2.45) is 5.84 Å². The van der Waals surface area contributed by atoms with Gasteiger partial charge in [0.15, 0.2) is 0 Å². The average molecular weight is 273 g/mol. The molecular formula is C11H19N3O3S. The summed E-state index contributed by atoms with van der Waals surface area (Å²) in [5.41, 5.74) is 2.10. The predicted molar refractivity (Wildman–Crippen MR) is 68.7 cm³/mol. The van der Waals surface area contributed by atoms with Crippen LogP contribution in [0.15, 0.2) is 0 Å². The minimum absolute atomic E-state index is 0.0472. The number of rotatable bonds is 6. The van der Waals surface area contributed by atoms with Crippen molar-refractivity contribution in [3.63, 3.8) is 0 Å². The minimum Gasteiger partial charge on any atom is -0.364 e. The number of hydrazine groups is 1. The molecule has 2 amide bonds. The number of carbonyl (C=O) groups is 2. The number of nitrogens with one attached hydrogen (secondary N) is 2. The summed E-state index contributed by atoms with van der Waals surface area (Å²) in [6.45, 7) is 0. The fourth-order valence-corrected chi connectivity index (χ4v) is 2.79. The first-order valence-electron chi connectivity index (χ1n) is 6.22. The van der Waals surface area contributed by atoms with Gasteiger partial charge in [-0.1, -0.05) is 0 Å². The van der Waals surface area contributed by atoms with Crippen molar-refractivity contribution in [1.82, 2.24) is 10.7 Å². The number of nitrogens with two attached hydrogens (primary N) is 1. The fraction of sp³-hybridized carbons (Fsp3) is 0.818. The molecule has 1 saturated carbocycles. The lowest BCUT2D eigenvalue weighted by atomic mass is 10.2. The fourth-order valence-electron chi connectivity index (χ4n) is 1.89. The molecule has 102 valence electrons. The molecule has 7 heteroatoms. The molecule has 0 spiro atoms. The lowest BCUT2D eigenvalue weighted by molar-refractivity contribution is -0.131. The van der Waals surface area contributed by atoms with E-state index in [2.05, 4.69) is 10.7 Å². The van der Waals surface area contributed by atoms with E-state index in [4.69, 9.17) is 10.6 Å². The first kappa shape index (κ1) is 13.6. The van der Waals surface area contributed by atoms with Crippen LogP contribution in [0.25, 0.3) is 0 Å². The first-order chi connectivity index (χ1) is 8.69. The SMILES string of the molecule is NNC(=O)C1CCC(CSCC(=O)NC2CC2)O1. The second-order valence-electron chi connectivity index (χ2n) is 4.69. The van der Waals surface area contributed by atoms with E-state index in [0.717, 1.165) is 25.0 Å². The Kier molecular flexibility index (Phi) is 4.85. The van der Waals surface area contributed by atoms with Gasteiger partial charge in [-0.3, -0.25) is 15.0 Å². The summed E-state index contributed by atoms with van der Waals surface area (Å²) in [5.74, 6) is 6.08. The van der Waals surface area contributed by atoms with Crippen molar-refractivity contribution in [2.75, 3.05) is 11.5 Å². The van der Waals surface area contributed by atoms with Crippen molar-refractivity contribution in [1.29, 1.82) is 0 Å². The summed E-state index contributed by atoms with van der Waals surface area (Å²) >= 11 is 1.55. The molecule has 1 saturated heterocycles. The molecular weight excluding hydrogens is 254 g/mol. The second-order valence-corrected chi connectivity index (χ2v) is 5.72. The highest BCUT2D eigenvalue weighted by molar-refractivity contribution is 7.99. The van der Waals surface area contributed by atoms with Gasteiger partial charge in [0.25, 0.3) is 5.91 Å². The number of hydrogen-bond donors (Lipinski definition) is 3. The Morgan fingerprint density at radius 3 is 2.72 bits per heavy atom. The van der Waals surface area contributed by atoms with E-state index in [-0.39, 0.29) is 17.9 Å². The third-order valence-corrected chi connectivity index (χ3v) is 4.10. The van der Waals surface area contributed by atoms with Crippen LogP contribution in [-0.4, -0.2) is 41.6 Å². The summed E-state index contributed by atoms with van der Waals surface area (Å²) in [6, 6.07) is 0.415. The molecule has 0 aromatic heterocycles. The van der Waals surface area contributed by atoms with Crippen LogP contribution in [-0.2, 0) is 14.3 Å². The molecule has 2 atom stereocenters. The highest BCUT2D eigenvalue weighted by Gasteiger charge is 2.30. The maximum absolute atomic E-state index is 11.4. The Bertz CT molecular complexity index is 323. The Morgan fingerprint density at radius 1 is 1.28 bits per heavy atom. The van der Waals surface area contributed by atoms with Crippen LogP contribution in [0, 0.1) is 0 Å². The molecule has 2 unspecified atom stereocenters. The zero-order valence-electron chi connectivity index (χ0n) is 10.2. The summed E-state index contributed by atoms with van der Waals surface area (Å²) < 4.78 is 5.54. The first-order valence-corrected chi connectivity index (χ1v) is 7.37. The molecule has 0 aromatic rings. The zero-order chi connectivity index (χ0) is 13.0. The van der Waals surface area contributed by atoms with Crippen molar-refractivity contribution in [2.45, 2.75) is 43.9 Å². The van der Waals surface area contributed by atoms with Crippen LogP contribution in [0.3, 0.4) is 0 Å². The van der Waals surface area contributed by atoms with E-state index in [1.165, 1.54) is 0 Å². The van der Waals surface area contributed by atoms with E-state index in [0.29, 0.717) is 18.2 Å². The number of hydrogen-bond acceptors (Lipinski definition) is 5. The molecule has 0 bridgehead atoms. The molecule has 2 fully saturated rings. The van der Waals surface area contributed by atoms with Gasteiger partial charge in [0, 0.05) is 11.8 Å². The Morgan fingerprint density at radius 2 is 2.06 bits per heavy atom. The van der Waals surface area contributed by atoms with Crippen molar-refractivity contribution >= 4 is 23.6 Å².